The van der Waals surface area contributed by atoms with Crippen LogP contribution >= 0.6 is 0 Å². The molecule has 0 aliphatic carbocycles. The molecule has 0 amide bonds. The summed E-state index contributed by atoms with van der Waals surface area (Å²) in [6.45, 7) is 12.2. The second-order valence-electron chi connectivity index (χ2n) is 7.20. The molecule has 0 unspecified atom stereocenters. The molecule has 0 saturated carbocycles. The van der Waals surface area contributed by atoms with Crippen molar-refractivity contribution >= 4 is 16.5 Å². The van der Waals surface area contributed by atoms with E-state index in [1.54, 1.807) is 0 Å². The summed E-state index contributed by atoms with van der Waals surface area (Å²) in [6.07, 6.45) is 4.37. The van der Waals surface area contributed by atoms with Gasteiger partial charge in [0.05, 0.1) is 5.52 Å². The highest BCUT2D eigenvalue weighted by atomic mass is 14.7. The molecule has 0 atom stereocenters. The smallest absolute Gasteiger partial charge is 0.0711 e. The Hall–Kier alpha value is -2.67. The summed E-state index contributed by atoms with van der Waals surface area (Å²) in [5.74, 6) is 0. The number of rotatable bonds is 7. The molecule has 0 spiro atoms. The molecule has 0 N–H and O–H groups in total. The number of hydrogen-bond acceptors (Lipinski definition) is 1. The van der Waals surface area contributed by atoms with E-state index in [1.807, 2.05) is 6.92 Å². The van der Waals surface area contributed by atoms with Crippen LogP contribution in [0.15, 0.2) is 73.3 Å². The first-order valence-corrected chi connectivity index (χ1v) is 9.34. The van der Waals surface area contributed by atoms with Crippen molar-refractivity contribution in [3.8, 4) is 11.1 Å². The third-order valence-electron chi connectivity index (χ3n) is 4.74. The summed E-state index contributed by atoms with van der Waals surface area (Å²) >= 11 is 0. The third-order valence-corrected chi connectivity index (χ3v) is 4.74. The van der Waals surface area contributed by atoms with Gasteiger partial charge < -0.3 is 0 Å². The van der Waals surface area contributed by atoms with Crippen molar-refractivity contribution in [1.82, 2.24) is 4.98 Å². The summed E-state index contributed by atoms with van der Waals surface area (Å²) in [5.41, 5.74) is 8.21. The lowest BCUT2D eigenvalue weighted by molar-refractivity contribution is 0.722. The number of benzene rings is 2. The summed E-state index contributed by atoms with van der Waals surface area (Å²) in [5, 5.41) is 1.18. The highest BCUT2D eigenvalue weighted by molar-refractivity contribution is 5.87. The summed E-state index contributed by atoms with van der Waals surface area (Å²) in [4.78, 5) is 5.05. The Bertz CT molecular complexity index is 935. The fourth-order valence-corrected chi connectivity index (χ4v) is 3.25. The number of fused-ring (bicyclic) bond motifs is 1. The molecule has 0 fully saturated rings. The van der Waals surface area contributed by atoms with Gasteiger partial charge in [-0.2, -0.15) is 0 Å². The monoisotopic (exact) mass is 341 g/mol. The van der Waals surface area contributed by atoms with Crippen LogP contribution in [0.1, 0.15) is 44.4 Å². The average molecular weight is 341 g/mol. The van der Waals surface area contributed by atoms with Crippen molar-refractivity contribution in [1.29, 1.82) is 0 Å². The largest absolute Gasteiger partial charge is 0.252 e. The van der Waals surface area contributed by atoms with E-state index in [4.69, 9.17) is 4.98 Å². The minimum atomic E-state index is 0.991. The van der Waals surface area contributed by atoms with Gasteiger partial charge in [-0.15, -0.1) is 6.58 Å². The van der Waals surface area contributed by atoms with Gasteiger partial charge >= 0.3 is 0 Å². The van der Waals surface area contributed by atoms with Crippen LogP contribution in [0.2, 0.25) is 0 Å². The molecule has 1 nitrogen and oxygen atoms in total. The van der Waals surface area contributed by atoms with E-state index in [2.05, 4.69) is 74.7 Å². The quantitative estimate of drug-likeness (QED) is 0.326. The standard InChI is InChI=1S/C25H27N/c1-18(2)10-8-9-13-24-23(20-11-6-5-7-12-20)16-22-15-14-21(19(3)4)17-25(22)26-24/h5-7,11-12,14-17H,1,3,8-10,13H2,2,4H3. The van der Waals surface area contributed by atoms with Gasteiger partial charge in [0.2, 0.25) is 0 Å². The number of nitrogens with zero attached hydrogens (tertiary/aromatic N) is 1. The molecule has 1 heterocycles. The van der Waals surface area contributed by atoms with Crippen molar-refractivity contribution in [2.75, 3.05) is 0 Å². The zero-order valence-electron chi connectivity index (χ0n) is 15.9. The predicted molar refractivity (Wildman–Crippen MR) is 114 cm³/mol. The van der Waals surface area contributed by atoms with Gasteiger partial charge in [-0.3, -0.25) is 4.98 Å². The average Bonchev–Trinajstić information content (AvgIpc) is 2.64. The SMILES string of the molecule is C=C(C)CCCCc1nc2cc(C(=C)C)ccc2cc1-c1ccccc1. The Kier molecular flexibility index (Phi) is 5.68. The predicted octanol–water partition coefficient (Wildman–Crippen LogP) is 7.22. The van der Waals surface area contributed by atoms with Crippen molar-refractivity contribution < 1.29 is 0 Å². The van der Waals surface area contributed by atoms with Crippen LogP contribution in [0.4, 0.5) is 0 Å². The lowest BCUT2D eigenvalue weighted by atomic mass is 9.97. The third kappa shape index (κ3) is 4.29. The number of hydrogen-bond donors (Lipinski definition) is 0. The first-order chi connectivity index (χ1) is 12.5. The molecular formula is C25H27N. The second kappa shape index (κ2) is 8.14. The van der Waals surface area contributed by atoms with Crippen LogP contribution in [0.5, 0.6) is 0 Å². The Morgan fingerprint density at radius 1 is 0.923 bits per heavy atom. The maximum absolute atomic E-state index is 5.05. The number of unbranched alkanes of at least 4 members (excludes halogenated alkanes) is 1. The van der Waals surface area contributed by atoms with Gasteiger partial charge in [0.15, 0.2) is 0 Å². The zero-order chi connectivity index (χ0) is 18.5. The van der Waals surface area contributed by atoms with E-state index in [0.29, 0.717) is 0 Å². The van der Waals surface area contributed by atoms with Crippen LogP contribution < -0.4 is 0 Å². The molecule has 0 bridgehead atoms. The highest BCUT2D eigenvalue weighted by Gasteiger charge is 2.10. The van der Waals surface area contributed by atoms with Crippen molar-refractivity contribution in [3.05, 3.63) is 84.6 Å². The van der Waals surface area contributed by atoms with Crippen LogP contribution in [0.25, 0.3) is 27.6 Å². The first kappa shape index (κ1) is 18.1. The van der Waals surface area contributed by atoms with Gasteiger partial charge in [0.25, 0.3) is 0 Å². The summed E-state index contributed by atoms with van der Waals surface area (Å²) in [6, 6.07) is 19.3. The Balaban J connectivity index is 2.01. The molecule has 0 saturated heterocycles. The lowest BCUT2D eigenvalue weighted by Gasteiger charge is -2.12. The molecule has 3 rings (SSSR count). The van der Waals surface area contributed by atoms with Crippen LogP contribution in [-0.4, -0.2) is 4.98 Å². The molecule has 132 valence electrons. The van der Waals surface area contributed by atoms with Gasteiger partial charge in [-0.05, 0) is 62.8 Å². The van der Waals surface area contributed by atoms with Gasteiger partial charge in [-0.1, -0.05) is 60.2 Å². The normalized spacial score (nSPS) is 10.8. The molecule has 1 aromatic heterocycles. The maximum Gasteiger partial charge on any atom is 0.0711 e. The summed E-state index contributed by atoms with van der Waals surface area (Å²) < 4.78 is 0. The Morgan fingerprint density at radius 2 is 1.69 bits per heavy atom. The van der Waals surface area contributed by atoms with E-state index < -0.39 is 0 Å². The first-order valence-electron chi connectivity index (χ1n) is 9.34. The Labute approximate surface area is 157 Å². The van der Waals surface area contributed by atoms with E-state index >= 15 is 0 Å². The molecule has 0 aliphatic heterocycles. The lowest BCUT2D eigenvalue weighted by Crippen LogP contribution is -1.97. The molecule has 0 radical (unpaired) electrons. The fourth-order valence-electron chi connectivity index (χ4n) is 3.25. The molecule has 1 heteroatoms. The highest BCUT2D eigenvalue weighted by Crippen LogP contribution is 2.29. The molecular weight excluding hydrogens is 314 g/mol. The maximum atomic E-state index is 5.05. The minimum Gasteiger partial charge on any atom is -0.252 e. The van der Waals surface area contributed by atoms with E-state index in [1.165, 1.54) is 27.8 Å². The van der Waals surface area contributed by atoms with Gasteiger partial charge in [0, 0.05) is 16.6 Å². The molecule has 2 aromatic carbocycles. The molecule has 0 aliphatic rings. The van der Waals surface area contributed by atoms with Crippen LogP contribution in [0, 0.1) is 0 Å². The van der Waals surface area contributed by atoms with E-state index in [9.17, 15) is 0 Å². The van der Waals surface area contributed by atoms with Crippen LogP contribution in [-0.2, 0) is 6.42 Å². The number of aromatic nitrogens is 1. The number of allylic oxidation sites excluding steroid dienone is 2. The minimum absolute atomic E-state index is 0.991. The van der Waals surface area contributed by atoms with Crippen molar-refractivity contribution in [3.63, 3.8) is 0 Å². The second-order valence-corrected chi connectivity index (χ2v) is 7.20. The number of pyridine rings is 1. The van der Waals surface area contributed by atoms with Crippen LogP contribution in [0.3, 0.4) is 0 Å². The van der Waals surface area contributed by atoms with Crippen molar-refractivity contribution in [2.24, 2.45) is 0 Å². The Morgan fingerprint density at radius 3 is 2.38 bits per heavy atom. The zero-order valence-corrected chi connectivity index (χ0v) is 15.9. The molecule has 3 aromatic rings. The fraction of sp³-hybridized carbons (Fsp3) is 0.240. The summed E-state index contributed by atoms with van der Waals surface area (Å²) in [7, 11) is 0. The van der Waals surface area contributed by atoms with E-state index in [0.717, 1.165) is 42.3 Å². The molecule has 26 heavy (non-hydrogen) atoms. The van der Waals surface area contributed by atoms with Crippen molar-refractivity contribution in [2.45, 2.75) is 39.5 Å². The topological polar surface area (TPSA) is 12.9 Å². The van der Waals surface area contributed by atoms with E-state index in [-0.39, 0.29) is 0 Å². The van der Waals surface area contributed by atoms with Gasteiger partial charge in [0.1, 0.15) is 0 Å². The van der Waals surface area contributed by atoms with Gasteiger partial charge in [-0.25, -0.2) is 0 Å². The number of aryl methyl sites for hydroxylation is 1.